The molecule has 0 spiro atoms. The summed E-state index contributed by atoms with van der Waals surface area (Å²) in [6, 6.07) is 0.253. The standard InChI is InChI=1S/C13H21NO/c1-8(15)13-12-10-5-3-9(4-6-10)11(12)7-14(13)2/h9-13H,3-7H2,1-2H3/t9?,10?,11-,12+,13-/m1/s1. The van der Waals surface area contributed by atoms with Crippen molar-refractivity contribution in [3.8, 4) is 0 Å². The zero-order chi connectivity index (χ0) is 10.6. The van der Waals surface area contributed by atoms with Crippen molar-refractivity contribution in [2.24, 2.45) is 23.7 Å². The van der Waals surface area contributed by atoms with E-state index in [0.717, 1.165) is 17.8 Å². The Hall–Kier alpha value is -0.370. The van der Waals surface area contributed by atoms with Crippen LogP contribution in [0.3, 0.4) is 0 Å². The van der Waals surface area contributed by atoms with Gasteiger partial charge in [0.2, 0.25) is 0 Å². The van der Waals surface area contributed by atoms with E-state index in [0.29, 0.717) is 11.7 Å². The molecule has 1 saturated heterocycles. The number of fused-ring (bicyclic) bond motifs is 2. The smallest absolute Gasteiger partial charge is 0.147 e. The van der Waals surface area contributed by atoms with Crippen molar-refractivity contribution in [2.45, 2.75) is 38.6 Å². The van der Waals surface area contributed by atoms with Gasteiger partial charge in [0.15, 0.2) is 0 Å². The van der Waals surface area contributed by atoms with Gasteiger partial charge in [0.1, 0.15) is 5.78 Å². The fourth-order valence-corrected chi connectivity index (χ4v) is 4.71. The van der Waals surface area contributed by atoms with Gasteiger partial charge < -0.3 is 0 Å². The number of rotatable bonds is 1. The highest BCUT2D eigenvalue weighted by molar-refractivity contribution is 5.82. The van der Waals surface area contributed by atoms with Crippen molar-refractivity contribution < 1.29 is 4.79 Å². The Morgan fingerprint density at radius 2 is 1.73 bits per heavy atom. The van der Waals surface area contributed by atoms with E-state index >= 15 is 0 Å². The molecule has 0 unspecified atom stereocenters. The zero-order valence-corrected chi connectivity index (χ0v) is 9.78. The summed E-state index contributed by atoms with van der Waals surface area (Å²) < 4.78 is 0. The Kier molecular flexibility index (Phi) is 2.17. The molecule has 3 atom stereocenters. The van der Waals surface area contributed by atoms with Crippen molar-refractivity contribution in [3.05, 3.63) is 0 Å². The third-order valence-electron chi connectivity index (χ3n) is 5.22. The molecule has 1 aliphatic heterocycles. The van der Waals surface area contributed by atoms with Gasteiger partial charge in [0.25, 0.3) is 0 Å². The molecule has 0 aromatic rings. The third-order valence-corrected chi connectivity index (χ3v) is 5.22. The fraction of sp³-hybridized carbons (Fsp3) is 0.923. The molecule has 2 heteroatoms. The van der Waals surface area contributed by atoms with E-state index in [1.54, 1.807) is 6.92 Å². The second-order valence-electron chi connectivity index (χ2n) is 5.91. The number of likely N-dealkylation sites (N-methyl/N-ethyl adjacent to an activating group) is 1. The highest BCUT2D eigenvalue weighted by Gasteiger charge is 2.53. The Morgan fingerprint density at radius 3 is 2.33 bits per heavy atom. The molecule has 0 aromatic heterocycles. The van der Waals surface area contributed by atoms with Crippen molar-refractivity contribution in [1.29, 1.82) is 0 Å². The first-order chi connectivity index (χ1) is 7.18. The second kappa shape index (κ2) is 3.31. The summed E-state index contributed by atoms with van der Waals surface area (Å²) in [4.78, 5) is 14.1. The molecule has 0 aromatic carbocycles. The summed E-state index contributed by atoms with van der Waals surface area (Å²) in [5, 5.41) is 0. The van der Waals surface area contributed by atoms with Crippen LogP contribution >= 0.6 is 0 Å². The lowest BCUT2D eigenvalue weighted by Gasteiger charge is -2.46. The van der Waals surface area contributed by atoms with Crippen LogP contribution in [0.1, 0.15) is 32.6 Å². The number of likely N-dealkylation sites (tertiary alicyclic amines) is 1. The van der Waals surface area contributed by atoms with Crippen LogP contribution in [0.4, 0.5) is 0 Å². The lowest BCUT2D eigenvalue weighted by molar-refractivity contribution is -0.123. The highest BCUT2D eigenvalue weighted by atomic mass is 16.1. The van der Waals surface area contributed by atoms with Crippen molar-refractivity contribution >= 4 is 5.78 Å². The molecule has 3 aliphatic carbocycles. The predicted molar refractivity (Wildman–Crippen MR) is 59.5 cm³/mol. The summed E-state index contributed by atoms with van der Waals surface area (Å²) in [6.07, 6.45) is 5.65. The molecule has 84 valence electrons. The molecule has 4 fully saturated rings. The molecule has 4 rings (SSSR count). The normalized spacial score (nSPS) is 49.3. The van der Waals surface area contributed by atoms with Crippen molar-refractivity contribution in [2.75, 3.05) is 13.6 Å². The quantitative estimate of drug-likeness (QED) is 0.655. The average molecular weight is 207 g/mol. The number of hydrogen-bond donors (Lipinski definition) is 0. The largest absolute Gasteiger partial charge is 0.298 e. The first-order valence-corrected chi connectivity index (χ1v) is 6.39. The Morgan fingerprint density at radius 1 is 1.13 bits per heavy atom. The lowest BCUT2D eigenvalue weighted by Crippen LogP contribution is -2.44. The van der Waals surface area contributed by atoms with E-state index in [-0.39, 0.29) is 6.04 Å². The maximum Gasteiger partial charge on any atom is 0.147 e. The highest BCUT2D eigenvalue weighted by Crippen LogP contribution is 2.53. The maximum atomic E-state index is 11.7. The summed E-state index contributed by atoms with van der Waals surface area (Å²) in [7, 11) is 2.14. The topological polar surface area (TPSA) is 20.3 Å². The van der Waals surface area contributed by atoms with Gasteiger partial charge in [0.05, 0.1) is 6.04 Å². The minimum atomic E-state index is 0.253. The van der Waals surface area contributed by atoms with Gasteiger partial charge in [-0.15, -0.1) is 0 Å². The SMILES string of the molecule is CC(=O)[C@@H]1[C@H]2C3CCC(CC3)[C@H]2CN1C. The lowest BCUT2D eigenvalue weighted by atomic mass is 9.58. The van der Waals surface area contributed by atoms with Crippen LogP contribution in [-0.4, -0.2) is 30.3 Å². The molecule has 0 radical (unpaired) electrons. The van der Waals surface area contributed by atoms with Gasteiger partial charge in [-0.25, -0.2) is 0 Å². The maximum absolute atomic E-state index is 11.7. The van der Waals surface area contributed by atoms with Crippen LogP contribution in [0, 0.1) is 23.7 Å². The zero-order valence-electron chi connectivity index (χ0n) is 9.78. The number of hydrogen-bond acceptors (Lipinski definition) is 2. The molecule has 0 amide bonds. The van der Waals surface area contributed by atoms with E-state index in [2.05, 4.69) is 11.9 Å². The van der Waals surface area contributed by atoms with Crippen LogP contribution in [-0.2, 0) is 4.79 Å². The van der Waals surface area contributed by atoms with E-state index in [1.165, 1.54) is 32.2 Å². The molecule has 2 bridgehead atoms. The minimum absolute atomic E-state index is 0.253. The van der Waals surface area contributed by atoms with Crippen LogP contribution in [0.5, 0.6) is 0 Å². The van der Waals surface area contributed by atoms with E-state index in [9.17, 15) is 4.79 Å². The summed E-state index contributed by atoms with van der Waals surface area (Å²) in [6.45, 7) is 2.96. The Bertz CT molecular complexity index is 280. The third kappa shape index (κ3) is 1.30. The van der Waals surface area contributed by atoms with E-state index in [4.69, 9.17) is 0 Å². The van der Waals surface area contributed by atoms with Gasteiger partial charge in [-0.2, -0.15) is 0 Å². The minimum Gasteiger partial charge on any atom is -0.298 e. The molecule has 0 N–H and O–H groups in total. The Balaban J connectivity index is 1.91. The van der Waals surface area contributed by atoms with Gasteiger partial charge in [-0.3, -0.25) is 9.69 Å². The van der Waals surface area contributed by atoms with Crippen LogP contribution < -0.4 is 0 Å². The van der Waals surface area contributed by atoms with Gasteiger partial charge in [-0.1, -0.05) is 0 Å². The number of carbonyl (C=O) groups excluding carboxylic acids is 1. The fourth-order valence-electron chi connectivity index (χ4n) is 4.71. The summed E-state index contributed by atoms with van der Waals surface area (Å²) in [5.41, 5.74) is 0. The first-order valence-electron chi connectivity index (χ1n) is 6.39. The van der Waals surface area contributed by atoms with Crippen LogP contribution in [0.25, 0.3) is 0 Å². The predicted octanol–water partition coefficient (Wildman–Crippen LogP) is 1.94. The number of Topliss-reactive ketones (excluding diaryl/α,β-unsaturated/α-hetero) is 1. The monoisotopic (exact) mass is 207 g/mol. The molecule has 15 heavy (non-hydrogen) atoms. The van der Waals surface area contributed by atoms with E-state index in [1.807, 2.05) is 0 Å². The molecular weight excluding hydrogens is 186 g/mol. The van der Waals surface area contributed by atoms with Crippen LogP contribution in [0.2, 0.25) is 0 Å². The van der Waals surface area contributed by atoms with Gasteiger partial charge in [0, 0.05) is 6.54 Å². The van der Waals surface area contributed by atoms with Gasteiger partial charge >= 0.3 is 0 Å². The van der Waals surface area contributed by atoms with Crippen molar-refractivity contribution in [1.82, 2.24) is 4.90 Å². The number of ketones is 1. The molecule has 1 heterocycles. The Labute approximate surface area is 92.0 Å². The van der Waals surface area contributed by atoms with E-state index < -0.39 is 0 Å². The number of nitrogens with zero attached hydrogens (tertiary/aromatic N) is 1. The van der Waals surface area contributed by atoms with Gasteiger partial charge in [-0.05, 0) is 63.3 Å². The summed E-state index contributed by atoms with van der Waals surface area (Å²) >= 11 is 0. The molecular formula is C13H21NO. The first kappa shape index (κ1) is 9.83. The molecule has 4 aliphatic rings. The molecule has 2 nitrogen and oxygen atoms in total. The van der Waals surface area contributed by atoms with Crippen LogP contribution in [0.15, 0.2) is 0 Å². The second-order valence-corrected chi connectivity index (χ2v) is 5.91. The average Bonchev–Trinajstić information content (AvgIpc) is 2.58. The number of carbonyl (C=O) groups is 1. The summed E-state index contributed by atoms with van der Waals surface area (Å²) in [5.74, 6) is 3.75. The molecule has 3 saturated carbocycles. The van der Waals surface area contributed by atoms with Crippen molar-refractivity contribution in [3.63, 3.8) is 0 Å².